The van der Waals surface area contributed by atoms with Crippen molar-refractivity contribution in [1.82, 2.24) is 0 Å². The van der Waals surface area contributed by atoms with Gasteiger partial charge in [-0.05, 0) is 31.0 Å². The monoisotopic (exact) mass is 295 g/mol. The van der Waals surface area contributed by atoms with Crippen LogP contribution in [0.25, 0.3) is 0 Å². The average Bonchev–Trinajstić information content (AvgIpc) is 2.44. The lowest BCUT2D eigenvalue weighted by atomic mass is 10.2. The van der Waals surface area contributed by atoms with Crippen LogP contribution in [0.2, 0.25) is 0 Å². The van der Waals surface area contributed by atoms with Crippen molar-refractivity contribution in [1.29, 1.82) is 0 Å². The molecule has 0 aliphatic heterocycles. The first kappa shape index (κ1) is 16.8. The fraction of sp³-hybridized carbons (Fsp3) is 0.467. The van der Waals surface area contributed by atoms with E-state index in [4.69, 9.17) is 19.9 Å². The molecular formula is C15H21NO5. The first-order valence-corrected chi connectivity index (χ1v) is 6.66. The number of rotatable bonds is 7. The van der Waals surface area contributed by atoms with Crippen LogP contribution in [0.3, 0.4) is 0 Å². The highest BCUT2D eigenvalue weighted by Gasteiger charge is 2.18. The maximum Gasteiger partial charge on any atom is 0.339 e. The summed E-state index contributed by atoms with van der Waals surface area (Å²) in [5, 5.41) is 0. The number of ether oxygens (including phenoxy) is 3. The molecule has 21 heavy (non-hydrogen) atoms. The molecule has 6 nitrogen and oxygen atoms in total. The molecule has 1 amide bonds. The van der Waals surface area contributed by atoms with Gasteiger partial charge in [-0.15, -0.1) is 0 Å². The Morgan fingerprint density at radius 2 is 1.86 bits per heavy atom. The van der Waals surface area contributed by atoms with Gasteiger partial charge in [-0.25, -0.2) is 4.79 Å². The van der Waals surface area contributed by atoms with Gasteiger partial charge in [-0.2, -0.15) is 0 Å². The van der Waals surface area contributed by atoms with E-state index < -0.39 is 18.0 Å². The molecule has 0 aromatic heterocycles. The molecule has 6 heteroatoms. The Labute approximate surface area is 124 Å². The van der Waals surface area contributed by atoms with E-state index in [0.29, 0.717) is 24.0 Å². The van der Waals surface area contributed by atoms with Crippen molar-refractivity contribution in [2.75, 3.05) is 13.7 Å². The summed E-state index contributed by atoms with van der Waals surface area (Å²) in [6, 6.07) is 4.69. The highest BCUT2D eigenvalue weighted by atomic mass is 16.5. The summed E-state index contributed by atoms with van der Waals surface area (Å²) < 4.78 is 15.7. The van der Waals surface area contributed by atoms with Gasteiger partial charge >= 0.3 is 5.97 Å². The summed E-state index contributed by atoms with van der Waals surface area (Å²) in [6.07, 6.45) is -0.986. The van der Waals surface area contributed by atoms with E-state index in [0.717, 1.165) is 0 Å². The third-order valence-corrected chi connectivity index (χ3v) is 2.66. The van der Waals surface area contributed by atoms with E-state index in [-0.39, 0.29) is 5.56 Å². The first-order valence-electron chi connectivity index (χ1n) is 6.66. The topological polar surface area (TPSA) is 87.9 Å². The molecule has 1 atom stereocenters. The van der Waals surface area contributed by atoms with Crippen LogP contribution < -0.4 is 15.2 Å². The van der Waals surface area contributed by atoms with E-state index in [2.05, 4.69) is 0 Å². The average molecular weight is 295 g/mol. The summed E-state index contributed by atoms with van der Waals surface area (Å²) in [7, 11) is 1.48. The van der Waals surface area contributed by atoms with Gasteiger partial charge in [0, 0.05) is 0 Å². The number of hydrogen-bond donors (Lipinski definition) is 1. The zero-order valence-corrected chi connectivity index (χ0v) is 12.7. The standard InChI is InChI=1S/C15H21NO5/c1-9(2)8-20-12-6-5-11(7-13(12)19-4)15(18)21-10(3)14(16)17/h5-7,9-10H,8H2,1-4H3,(H2,16,17)/t10-/m0/s1. The number of carbonyl (C=O) groups is 2. The summed E-state index contributed by atoms with van der Waals surface area (Å²) in [4.78, 5) is 22.8. The van der Waals surface area contributed by atoms with Crippen LogP contribution in [0.1, 0.15) is 31.1 Å². The highest BCUT2D eigenvalue weighted by molar-refractivity contribution is 5.92. The largest absolute Gasteiger partial charge is 0.493 e. The van der Waals surface area contributed by atoms with Crippen LogP contribution in [0, 0.1) is 5.92 Å². The molecule has 0 aliphatic rings. The van der Waals surface area contributed by atoms with Gasteiger partial charge in [0.25, 0.3) is 5.91 Å². The summed E-state index contributed by atoms with van der Waals surface area (Å²) in [6.45, 7) is 6.02. The lowest BCUT2D eigenvalue weighted by Crippen LogP contribution is -2.30. The van der Waals surface area contributed by atoms with Gasteiger partial charge < -0.3 is 19.9 Å². The molecule has 2 N–H and O–H groups in total. The van der Waals surface area contributed by atoms with Crippen molar-refractivity contribution in [2.45, 2.75) is 26.9 Å². The highest BCUT2D eigenvalue weighted by Crippen LogP contribution is 2.28. The molecule has 0 heterocycles. The number of benzene rings is 1. The number of primary amides is 1. The SMILES string of the molecule is COc1cc(C(=O)O[C@@H](C)C(N)=O)ccc1OCC(C)C. The zero-order valence-electron chi connectivity index (χ0n) is 12.7. The fourth-order valence-corrected chi connectivity index (χ4v) is 1.46. The number of nitrogens with two attached hydrogens (primary N) is 1. The lowest BCUT2D eigenvalue weighted by Gasteiger charge is -2.14. The molecule has 0 aliphatic carbocycles. The summed E-state index contributed by atoms with van der Waals surface area (Å²) in [5.74, 6) is 0.000466. The van der Waals surface area contributed by atoms with Crippen LogP contribution >= 0.6 is 0 Å². The first-order chi connectivity index (χ1) is 9.85. The minimum absolute atomic E-state index is 0.261. The molecule has 1 rings (SSSR count). The van der Waals surface area contributed by atoms with Crippen molar-refractivity contribution >= 4 is 11.9 Å². The number of methoxy groups -OCH3 is 1. The Morgan fingerprint density at radius 3 is 2.38 bits per heavy atom. The molecule has 0 saturated carbocycles. The van der Waals surface area contributed by atoms with Crippen LogP contribution in [0.15, 0.2) is 18.2 Å². The fourth-order valence-electron chi connectivity index (χ4n) is 1.46. The van der Waals surface area contributed by atoms with Crippen LogP contribution in [-0.4, -0.2) is 31.7 Å². The second-order valence-electron chi connectivity index (χ2n) is 5.02. The minimum Gasteiger partial charge on any atom is -0.493 e. The van der Waals surface area contributed by atoms with Crippen molar-refractivity contribution in [3.05, 3.63) is 23.8 Å². The molecule has 0 unspecified atom stereocenters. The lowest BCUT2D eigenvalue weighted by molar-refractivity contribution is -0.125. The van der Waals surface area contributed by atoms with E-state index in [1.54, 1.807) is 12.1 Å². The maximum atomic E-state index is 11.9. The Hall–Kier alpha value is -2.24. The van der Waals surface area contributed by atoms with Gasteiger partial charge in [-0.3, -0.25) is 4.79 Å². The molecular weight excluding hydrogens is 274 g/mol. The molecule has 0 spiro atoms. The normalized spacial score (nSPS) is 11.9. The predicted octanol–water partition coefficient (Wildman–Crippen LogP) is 1.76. The number of carbonyl (C=O) groups excluding carboxylic acids is 2. The van der Waals surface area contributed by atoms with Crippen molar-refractivity contribution in [3.8, 4) is 11.5 Å². The van der Waals surface area contributed by atoms with Crippen molar-refractivity contribution < 1.29 is 23.8 Å². The van der Waals surface area contributed by atoms with Crippen LogP contribution in [0.4, 0.5) is 0 Å². The third kappa shape index (κ3) is 4.98. The van der Waals surface area contributed by atoms with Crippen LogP contribution in [-0.2, 0) is 9.53 Å². The van der Waals surface area contributed by atoms with Crippen LogP contribution in [0.5, 0.6) is 11.5 Å². The minimum atomic E-state index is -0.986. The molecule has 116 valence electrons. The molecule has 0 saturated heterocycles. The number of amides is 1. The summed E-state index contributed by atoms with van der Waals surface area (Å²) in [5.41, 5.74) is 5.31. The van der Waals surface area contributed by atoms with E-state index in [1.807, 2.05) is 13.8 Å². The molecule has 0 bridgehead atoms. The Kier molecular flexibility index (Phi) is 6.02. The van der Waals surface area contributed by atoms with Gasteiger partial charge in [0.2, 0.25) is 0 Å². The smallest absolute Gasteiger partial charge is 0.339 e. The Morgan fingerprint density at radius 1 is 1.19 bits per heavy atom. The van der Waals surface area contributed by atoms with Gasteiger partial charge in [0.05, 0.1) is 19.3 Å². The quantitative estimate of drug-likeness (QED) is 0.774. The second kappa shape index (κ2) is 7.52. The van der Waals surface area contributed by atoms with Crippen molar-refractivity contribution in [3.63, 3.8) is 0 Å². The maximum absolute atomic E-state index is 11.9. The van der Waals surface area contributed by atoms with Crippen molar-refractivity contribution in [2.24, 2.45) is 11.7 Å². The van der Waals surface area contributed by atoms with E-state index >= 15 is 0 Å². The Balaban J connectivity index is 2.86. The molecule has 1 aromatic carbocycles. The predicted molar refractivity (Wildman–Crippen MR) is 77.4 cm³/mol. The second-order valence-corrected chi connectivity index (χ2v) is 5.02. The molecule has 0 fully saturated rings. The van der Waals surface area contributed by atoms with E-state index in [9.17, 15) is 9.59 Å². The molecule has 0 radical (unpaired) electrons. The Bertz CT molecular complexity index is 513. The van der Waals surface area contributed by atoms with Gasteiger partial charge in [0.15, 0.2) is 17.6 Å². The van der Waals surface area contributed by atoms with E-state index in [1.165, 1.54) is 20.1 Å². The third-order valence-electron chi connectivity index (χ3n) is 2.66. The number of esters is 1. The number of hydrogen-bond acceptors (Lipinski definition) is 5. The molecule has 1 aromatic rings. The van der Waals surface area contributed by atoms with Gasteiger partial charge in [0.1, 0.15) is 0 Å². The summed E-state index contributed by atoms with van der Waals surface area (Å²) >= 11 is 0. The zero-order chi connectivity index (χ0) is 16.0. The van der Waals surface area contributed by atoms with Gasteiger partial charge in [-0.1, -0.05) is 13.8 Å².